The van der Waals surface area contributed by atoms with Crippen LogP contribution in [-0.2, 0) is 11.3 Å². The van der Waals surface area contributed by atoms with E-state index >= 15 is 0 Å². The van der Waals surface area contributed by atoms with Gasteiger partial charge in [0.1, 0.15) is 17.0 Å². The molecule has 1 aliphatic rings. The summed E-state index contributed by atoms with van der Waals surface area (Å²) in [5.74, 6) is 0.0637. The van der Waals surface area contributed by atoms with Crippen molar-refractivity contribution in [1.29, 1.82) is 0 Å². The van der Waals surface area contributed by atoms with Crippen LogP contribution in [0.1, 0.15) is 46.9 Å². The molecule has 0 fully saturated rings. The van der Waals surface area contributed by atoms with Crippen LogP contribution in [0, 0.1) is 5.41 Å². The molecule has 5 rings (SSSR count). The lowest BCUT2D eigenvalue weighted by Crippen LogP contribution is -2.38. The summed E-state index contributed by atoms with van der Waals surface area (Å²) in [6.45, 7) is 4.14. The van der Waals surface area contributed by atoms with Crippen molar-refractivity contribution in [2.75, 3.05) is 5.32 Å². The Morgan fingerprint density at radius 2 is 1.77 bits per heavy atom. The molecular formula is C26H23N5O3S. The molecule has 2 aromatic carbocycles. The van der Waals surface area contributed by atoms with Gasteiger partial charge in [0.15, 0.2) is 0 Å². The van der Waals surface area contributed by atoms with Crippen LogP contribution < -0.4 is 15.4 Å². The van der Waals surface area contributed by atoms with Crippen molar-refractivity contribution in [3.05, 3.63) is 94.6 Å². The predicted octanol–water partition coefficient (Wildman–Crippen LogP) is 4.77. The minimum atomic E-state index is -0.890. The van der Waals surface area contributed by atoms with Crippen molar-refractivity contribution in [3.63, 3.8) is 0 Å². The van der Waals surface area contributed by atoms with Crippen LogP contribution >= 0.6 is 11.3 Å². The maximum atomic E-state index is 13.3. The van der Waals surface area contributed by atoms with Gasteiger partial charge in [0.25, 0.3) is 5.91 Å². The second-order valence-corrected chi connectivity index (χ2v) is 9.58. The molecule has 0 unspecified atom stereocenters. The van der Waals surface area contributed by atoms with Crippen LogP contribution in [0.4, 0.5) is 5.13 Å². The predicted molar refractivity (Wildman–Crippen MR) is 133 cm³/mol. The van der Waals surface area contributed by atoms with Gasteiger partial charge < -0.3 is 15.4 Å². The first-order valence-electron chi connectivity index (χ1n) is 11.1. The summed E-state index contributed by atoms with van der Waals surface area (Å²) >= 11 is 1.26. The lowest BCUT2D eigenvalue weighted by molar-refractivity contribution is -0.124. The molecule has 176 valence electrons. The summed E-state index contributed by atoms with van der Waals surface area (Å²) < 4.78 is 6.10. The minimum Gasteiger partial charge on any atom is -0.438 e. The fourth-order valence-electron chi connectivity index (χ4n) is 4.23. The fourth-order valence-corrected chi connectivity index (χ4v) is 4.67. The Balaban J connectivity index is 1.46. The van der Waals surface area contributed by atoms with E-state index in [1.54, 1.807) is 11.6 Å². The van der Waals surface area contributed by atoms with Gasteiger partial charge in [-0.2, -0.15) is 0 Å². The number of pyridine rings is 1. The highest BCUT2D eigenvalue weighted by Crippen LogP contribution is 2.51. The molecule has 0 radical (unpaired) electrons. The van der Waals surface area contributed by atoms with Crippen LogP contribution in [0.15, 0.2) is 72.2 Å². The number of hydrogen-bond donors (Lipinski definition) is 2. The molecule has 2 N–H and O–H groups in total. The fraction of sp³-hybridized carbons (Fsp3) is 0.192. The smallest absolute Gasteiger partial charge is 0.270 e. The first-order valence-corrected chi connectivity index (χ1v) is 12.0. The molecule has 0 saturated heterocycles. The first kappa shape index (κ1) is 22.7. The monoisotopic (exact) mass is 485 g/mol. The Labute approximate surface area is 206 Å². The van der Waals surface area contributed by atoms with Crippen molar-refractivity contribution >= 4 is 28.3 Å². The molecule has 8 nitrogen and oxygen atoms in total. The number of ether oxygens (including phenoxy) is 1. The van der Waals surface area contributed by atoms with Crippen LogP contribution in [0.3, 0.4) is 0 Å². The average Bonchev–Trinajstić information content (AvgIpc) is 3.39. The van der Waals surface area contributed by atoms with E-state index < -0.39 is 5.41 Å². The zero-order chi connectivity index (χ0) is 24.4. The van der Waals surface area contributed by atoms with Crippen molar-refractivity contribution in [2.45, 2.75) is 26.3 Å². The third kappa shape index (κ3) is 4.50. The number of rotatable bonds is 6. The zero-order valence-corrected chi connectivity index (χ0v) is 20.0. The average molecular weight is 486 g/mol. The van der Waals surface area contributed by atoms with E-state index in [-0.39, 0.29) is 23.4 Å². The summed E-state index contributed by atoms with van der Waals surface area (Å²) in [6.07, 6.45) is 0. The summed E-state index contributed by atoms with van der Waals surface area (Å²) in [7, 11) is 0. The minimum absolute atomic E-state index is 0.202. The normalized spacial score (nSPS) is 14.3. The van der Waals surface area contributed by atoms with Gasteiger partial charge in [0.2, 0.25) is 16.9 Å². The number of amides is 2. The van der Waals surface area contributed by atoms with Gasteiger partial charge in [-0.25, -0.2) is 4.98 Å². The molecule has 4 aromatic rings. The standard InChI is InChI=1S/C26H23N5O3S/c1-26(2,24(33)30-25-31-28-15-35-25)21-17-10-6-7-11-20(17)34-23-18(21)12-13-19(29-23)22(32)27-14-16-8-4-3-5-9-16/h3-13,15,21H,14H2,1-2H3,(H,27,32)(H,30,31,33)/t21-/m0/s1. The Morgan fingerprint density at radius 3 is 2.54 bits per heavy atom. The maximum Gasteiger partial charge on any atom is 0.270 e. The van der Waals surface area contributed by atoms with Gasteiger partial charge in [-0.15, -0.1) is 10.2 Å². The van der Waals surface area contributed by atoms with Crippen LogP contribution in [0.2, 0.25) is 0 Å². The first-order chi connectivity index (χ1) is 16.9. The zero-order valence-electron chi connectivity index (χ0n) is 19.2. The molecule has 1 atom stereocenters. The Bertz CT molecular complexity index is 1370. The molecule has 0 spiro atoms. The van der Waals surface area contributed by atoms with E-state index in [1.807, 2.05) is 74.5 Å². The lowest BCUT2D eigenvalue weighted by Gasteiger charge is -2.37. The number of para-hydroxylation sites is 1. The van der Waals surface area contributed by atoms with E-state index in [2.05, 4.69) is 25.8 Å². The third-order valence-corrected chi connectivity index (χ3v) is 6.66. The number of benzene rings is 2. The lowest BCUT2D eigenvalue weighted by atomic mass is 9.69. The molecule has 2 aromatic heterocycles. The quantitative estimate of drug-likeness (QED) is 0.408. The van der Waals surface area contributed by atoms with Crippen molar-refractivity contribution in [3.8, 4) is 11.6 Å². The van der Waals surface area contributed by atoms with Gasteiger partial charge in [0.05, 0.1) is 5.41 Å². The van der Waals surface area contributed by atoms with Crippen LogP contribution in [0.5, 0.6) is 11.6 Å². The molecule has 35 heavy (non-hydrogen) atoms. The molecule has 9 heteroatoms. The van der Waals surface area contributed by atoms with Crippen LogP contribution in [0.25, 0.3) is 0 Å². The highest BCUT2D eigenvalue weighted by Gasteiger charge is 2.44. The van der Waals surface area contributed by atoms with Crippen molar-refractivity contribution in [1.82, 2.24) is 20.5 Å². The number of nitrogens with zero attached hydrogens (tertiary/aromatic N) is 3. The number of nitrogens with one attached hydrogen (secondary N) is 2. The van der Waals surface area contributed by atoms with Gasteiger partial charge >= 0.3 is 0 Å². The number of anilines is 1. The molecule has 1 aliphatic heterocycles. The summed E-state index contributed by atoms with van der Waals surface area (Å²) in [5.41, 5.74) is 3.53. The Morgan fingerprint density at radius 1 is 1.00 bits per heavy atom. The second kappa shape index (κ2) is 9.27. The van der Waals surface area contributed by atoms with Crippen molar-refractivity contribution in [2.24, 2.45) is 5.41 Å². The molecule has 2 amide bonds. The topological polar surface area (TPSA) is 106 Å². The third-order valence-electron chi connectivity index (χ3n) is 6.05. The number of fused-ring (bicyclic) bond motifs is 2. The SMILES string of the molecule is CC(C)(C(=O)Nc1nncs1)[C@H]1c2ccccc2Oc2nc(C(=O)NCc3ccccc3)ccc21. The van der Waals surface area contributed by atoms with E-state index in [0.29, 0.717) is 23.3 Å². The van der Waals surface area contributed by atoms with E-state index in [1.165, 1.54) is 11.3 Å². The number of aromatic nitrogens is 3. The van der Waals surface area contributed by atoms with Gasteiger partial charge in [-0.05, 0) is 17.7 Å². The van der Waals surface area contributed by atoms with Gasteiger partial charge in [0, 0.05) is 23.6 Å². The van der Waals surface area contributed by atoms with Crippen LogP contribution in [-0.4, -0.2) is 27.0 Å². The molecule has 0 aliphatic carbocycles. The van der Waals surface area contributed by atoms with E-state index in [4.69, 9.17) is 4.74 Å². The van der Waals surface area contributed by atoms with Gasteiger partial charge in [-0.1, -0.05) is 79.8 Å². The number of carbonyl (C=O) groups excluding carboxylic acids is 2. The van der Waals surface area contributed by atoms with Crippen molar-refractivity contribution < 1.29 is 14.3 Å². The van der Waals surface area contributed by atoms with E-state index in [9.17, 15) is 9.59 Å². The van der Waals surface area contributed by atoms with Gasteiger partial charge in [-0.3, -0.25) is 9.59 Å². The Hall–Kier alpha value is -4.11. The second-order valence-electron chi connectivity index (χ2n) is 8.75. The summed E-state index contributed by atoms with van der Waals surface area (Å²) in [4.78, 5) is 30.7. The Kier molecular flexibility index (Phi) is 6.00. The number of hydrogen-bond acceptors (Lipinski definition) is 7. The summed E-state index contributed by atoms with van der Waals surface area (Å²) in [5, 5.41) is 13.9. The highest BCUT2D eigenvalue weighted by atomic mass is 32.1. The highest BCUT2D eigenvalue weighted by molar-refractivity contribution is 7.13. The largest absolute Gasteiger partial charge is 0.438 e. The molecule has 3 heterocycles. The maximum absolute atomic E-state index is 13.3. The number of carbonyl (C=O) groups is 2. The summed E-state index contributed by atoms with van der Waals surface area (Å²) in [6, 6.07) is 20.7. The van der Waals surface area contributed by atoms with E-state index in [0.717, 1.165) is 16.7 Å². The molecular weight excluding hydrogens is 462 g/mol. The molecule has 0 saturated carbocycles. The molecule has 0 bridgehead atoms.